The van der Waals surface area contributed by atoms with Crippen molar-refractivity contribution < 1.29 is 14.4 Å². The number of rotatable bonds is 7. The van der Waals surface area contributed by atoms with Crippen LogP contribution in [0.1, 0.15) is 35.7 Å². The van der Waals surface area contributed by atoms with Crippen molar-refractivity contribution in [1.29, 1.82) is 0 Å². The predicted molar refractivity (Wildman–Crippen MR) is 87.0 cm³/mol. The quantitative estimate of drug-likeness (QED) is 0.536. The average molecular weight is 318 g/mol. The molecule has 0 bridgehead atoms. The number of unbranched alkanes of at least 4 members (excludes halogenated alkanes) is 1. The molecule has 0 spiro atoms. The van der Waals surface area contributed by atoms with Crippen molar-refractivity contribution in [3.05, 3.63) is 29.3 Å². The molecular formula is C16H22N4O3. The summed E-state index contributed by atoms with van der Waals surface area (Å²) in [6, 6.07) is 4.68. The minimum absolute atomic E-state index is 0.0496. The highest BCUT2D eigenvalue weighted by atomic mass is 16.2. The van der Waals surface area contributed by atoms with Gasteiger partial charge < -0.3 is 21.7 Å². The summed E-state index contributed by atoms with van der Waals surface area (Å²) in [7, 11) is 0. The highest BCUT2D eigenvalue weighted by Gasteiger charge is 2.18. The molecule has 0 saturated carbocycles. The molecule has 5 N–H and O–H groups in total. The minimum Gasteiger partial charge on any atom is -0.355 e. The SMILES string of the molecule is C[C@H](N)C(=O)NCCCCNC(=O)c1ccc2c(c1)CC(=O)N2. The van der Waals surface area contributed by atoms with Crippen LogP contribution in [0.15, 0.2) is 18.2 Å². The first-order valence-electron chi connectivity index (χ1n) is 7.71. The molecule has 0 unspecified atom stereocenters. The molecule has 0 radical (unpaired) electrons. The van der Waals surface area contributed by atoms with Gasteiger partial charge in [0.05, 0.1) is 12.5 Å². The van der Waals surface area contributed by atoms with E-state index in [9.17, 15) is 14.4 Å². The van der Waals surface area contributed by atoms with Gasteiger partial charge >= 0.3 is 0 Å². The molecule has 1 aromatic rings. The second-order valence-corrected chi connectivity index (χ2v) is 5.64. The molecule has 124 valence electrons. The van der Waals surface area contributed by atoms with E-state index in [-0.39, 0.29) is 17.7 Å². The number of nitrogens with one attached hydrogen (secondary N) is 3. The average Bonchev–Trinajstić information content (AvgIpc) is 2.89. The fourth-order valence-corrected chi connectivity index (χ4v) is 2.30. The summed E-state index contributed by atoms with van der Waals surface area (Å²) < 4.78 is 0. The van der Waals surface area contributed by atoms with Gasteiger partial charge in [-0.2, -0.15) is 0 Å². The first kappa shape index (κ1) is 17.0. The normalized spacial score (nSPS) is 13.9. The number of anilines is 1. The van der Waals surface area contributed by atoms with Gasteiger partial charge in [-0.1, -0.05) is 0 Å². The molecule has 3 amide bonds. The van der Waals surface area contributed by atoms with E-state index in [1.807, 2.05) is 0 Å². The van der Waals surface area contributed by atoms with Crippen LogP contribution >= 0.6 is 0 Å². The van der Waals surface area contributed by atoms with Crippen LogP contribution in [0.25, 0.3) is 0 Å². The van der Waals surface area contributed by atoms with Crippen molar-refractivity contribution in [2.75, 3.05) is 18.4 Å². The Morgan fingerprint density at radius 1 is 1.26 bits per heavy atom. The molecule has 7 heteroatoms. The lowest BCUT2D eigenvalue weighted by atomic mass is 10.1. The number of nitrogens with two attached hydrogens (primary N) is 1. The minimum atomic E-state index is -0.504. The molecule has 0 fully saturated rings. The van der Waals surface area contributed by atoms with Crippen molar-refractivity contribution in [2.45, 2.75) is 32.2 Å². The third-order valence-corrected chi connectivity index (χ3v) is 3.59. The van der Waals surface area contributed by atoms with Gasteiger partial charge in [0.1, 0.15) is 0 Å². The number of amides is 3. The van der Waals surface area contributed by atoms with Crippen LogP contribution in [0.5, 0.6) is 0 Å². The van der Waals surface area contributed by atoms with Crippen LogP contribution in [0.4, 0.5) is 5.69 Å². The summed E-state index contributed by atoms with van der Waals surface area (Å²) in [5, 5.41) is 8.28. The van der Waals surface area contributed by atoms with Gasteiger partial charge in [0, 0.05) is 24.3 Å². The van der Waals surface area contributed by atoms with E-state index in [0.29, 0.717) is 25.1 Å². The summed E-state index contributed by atoms with van der Waals surface area (Å²) in [5.74, 6) is -0.381. The smallest absolute Gasteiger partial charge is 0.251 e. The van der Waals surface area contributed by atoms with Gasteiger partial charge in [-0.3, -0.25) is 14.4 Å². The lowest BCUT2D eigenvalue weighted by molar-refractivity contribution is -0.122. The number of hydrogen-bond donors (Lipinski definition) is 4. The second-order valence-electron chi connectivity index (χ2n) is 5.64. The lowest BCUT2D eigenvalue weighted by Gasteiger charge is -2.08. The van der Waals surface area contributed by atoms with Crippen LogP contribution in [0.3, 0.4) is 0 Å². The number of hydrogen-bond acceptors (Lipinski definition) is 4. The van der Waals surface area contributed by atoms with Crippen molar-refractivity contribution in [2.24, 2.45) is 5.73 Å². The van der Waals surface area contributed by atoms with Crippen LogP contribution in [-0.4, -0.2) is 36.9 Å². The molecule has 23 heavy (non-hydrogen) atoms. The highest BCUT2D eigenvalue weighted by Crippen LogP contribution is 2.23. The second kappa shape index (κ2) is 7.73. The third-order valence-electron chi connectivity index (χ3n) is 3.59. The highest BCUT2D eigenvalue weighted by molar-refractivity contribution is 6.01. The van der Waals surface area contributed by atoms with Gasteiger partial charge in [-0.15, -0.1) is 0 Å². The molecule has 0 saturated heterocycles. The zero-order valence-electron chi connectivity index (χ0n) is 13.1. The van der Waals surface area contributed by atoms with Gasteiger partial charge in [-0.05, 0) is 43.5 Å². The Labute approximate surface area is 135 Å². The maximum Gasteiger partial charge on any atom is 0.251 e. The Hall–Kier alpha value is -2.41. The van der Waals surface area contributed by atoms with Crippen LogP contribution in [-0.2, 0) is 16.0 Å². The summed E-state index contributed by atoms with van der Waals surface area (Å²) in [4.78, 5) is 34.6. The van der Waals surface area contributed by atoms with E-state index in [0.717, 1.165) is 24.1 Å². The number of carbonyl (C=O) groups excluding carboxylic acids is 3. The predicted octanol–water partition coefficient (Wildman–Crippen LogP) is 0.155. The Kier molecular flexibility index (Phi) is 5.70. The van der Waals surface area contributed by atoms with Gasteiger partial charge in [0.2, 0.25) is 11.8 Å². The first-order chi connectivity index (χ1) is 11.0. The summed E-state index contributed by atoms with van der Waals surface area (Å²) in [5.41, 5.74) is 7.60. The van der Waals surface area contributed by atoms with E-state index in [2.05, 4.69) is 16.0 Å². The molecule has 1 aliphatic rings. The van der Waals surface area contributed by atoms with E-state index < -0.39 is 6.04 Å². The molecule has 1 heterocycles. The van der Waals surface area contributed by atoms with E-state index >= 15 is 0 Å². The maximum absolute atomic E-state index is 12.1. The summed E-state index contributed by atoms with van der Waals surface area (Å²) in [6.07, 6.45) is 1.84. The third kappa shape index (κ3) is 4.79. The number of carbonyl (C=O) groups is 3. The van der Waals surface area contributed by atoms with Crippen molar-refractivity contribution in [1.82, 2.24) is 10.6 Å². The first-order valence-corrected chi connectivity index (χ1v) is 7.71. The zero-order chi connectivity index (χ0) is 16.8. The van der Waals surface area contributed by atoms with Gasteiger partial charge in [0.25, 0.3) is 5.91 Å². The Morgan fingerprint density at radius 2 is 1.96 bits per heavy atom. The largest absolute Gasteiger partial charge is 0.355 e. The van der Waals surface area contributed by atoms with E-state index in [1.54, 1.807) is 25.1 Å². The molecule has 7 nitrogen and oxygen atoms in total. The topological polar surface area (TPSA) is 113 Å². The Morgan fingerprint density at radius 3 is 2.65 bits per heavy atom. The van der Waals surface area contributed by atoms with Gasteiger partial charge in [-0.25, -0.2) is 0 Å². The van der Waals surface area contributed by atoms with Crippen molar-refractivity contribution in [3.63, 3.8) is 0 Å². The molecule has 0 aromatic heterocycles. The summed E-state index contributed by atoms with van der Waals surface area (Å²) in [6.45, 7) is 2.71. The summed E-state index contributed by atoms with van der Waals surface area (Å²) >= 11 is 0. The van der Waals surface area contributed by atoms with Crippen molar-refractivity contribution in [3.8, 4) is 0 Å². The number of benzene rings is 1. The van der Waals surface area contributed by atoms with Crippen LogP contribution in [0, 0.1) is 0 Å². The Bertz CT molecular complexity index is 613. The fraction of sp³-hybridized carbons (Fsp3) is 0.438. The van der Waals surface area contributed by atoms with Crippen LogP contribution < -0.4 is 21.7 Å². The molecule has 1 atom stereocenters. The zero-order valence-corrected chi connectivity index (χ0v) is 13.1. The molecular weight excluding hydrogens is 296 g/mol. The Balaban J connectivity index is 1.69. The lowest BCUT2D eigenvalue weighted by Crippen LogP contribution is -2.38. The monoisotopic (exact) mass is 318 g/mol. The molecule has 1 aromatic carbocycles. The molecule has 1 aliphatic heterocycles. The van der Waals surface area contributed by atoms with Crippen LogP contribution in [0.2, 0.25) is 0 Å². The maximum atomic E-state index is 12.1. The molecule has 2 rings (SSSR count). The standard InChI is InChI=1S/C16H22N4O3/c1-10(17)15(22)18-6-2-3-7-19-16(23)11-4-5-13-12(8-11)9-14(21)20-13/h4-5,8,10H,2-3,6-7,9,17H2,1H3,(H,18,22)(H,19,23)(H,20,21)/t10-/m0/s1. The van der Waals surface area contributed by atoms with Gasteiger partial charge in [0.15, 0.2) is 0 Å². The van der Waals surface area contributed by atoms with E-state index in [4.69, 9.17) is 5.73 Å². The van der Waals surface area contributed by atoms with Crippen molar-refractivity contribution >= 4 is 23.4 Å². The van der Waals surface area contributed by atoms with E-state index in [1.165, 1.54) is 0 Å². The fourth-order valence-electron chi connectivity index (χ4n) is 2.30. The number of fused-ring (bicyclic) bond motifs is 1. The molecule has 0 aliphatic carbocycles.